The summed E-state index contributed by atoms with van der Waals surface area (Å²) in [6.45, 7) is 12.3. The molecule has 2 aliphatic heterocycles. The molecule has 1 amide bonds. The van der Waals surface area contributed by atoms with Gasteiger partial charge in [0.2, 0.25) is 0 Å². The summed E-state index contributed by atoms with van der Waals surface area (Å²) in [5.41, 5.74) is 2.90. The van der Waals surface area contributed by atoms with Crippen LogP contribution in [0, 0.1) is 6.92 Å². The van der Waals surface area contributed by atoms with E-state index in [0.29, 0.717) is 43.3 Å². The third-order valence-electron chi connectivity index (χ3n) is 7.63. The normalized spacial score (nSPS) is 20.6. The number of fused-ring (bicyclic) bond motifs is 3. The number of unbranched alkanes of at least 4 members (excludes halogenated alkanes) is 1. The summed E-state index contributed by atoms with van der Waals surface area (Å²) in [5.74, 6) is 0.0480. The number of amides is 1. The summed E-state index contributed by atoms with van der Waals surface area (Å²) in [6.07, 6.45) is 4.66. The van der Waals surface area contributed by atoms with Crippen LogP contribution in [-0.4, -0.2) is 89.1 Å². The van der Waals surface area contributed by atoms with Crippen LogP contribution in [0.1, 0.15) is 62.5 Å². The number of rotatable bonds is 8. The van der Waals surface area contributed by atoms with E-state index < -0.39 is 0 Å². The number of aromatic amines is 1. The number of hydrogen-bond acceptors (Lipinski definition) is 6. The molecule has 0 saturated carbocycles. The van der Waals surface area contributed by atoms with Crippen LogP contribution in [0.2, 0.25) is 0 Å². The van der Waals surface area contributed by atoms with Crippen LogP contribution in [0.25, 0.3) is 21.8 Å². The average Bonchev–Trinajstić information content (AvgIpc) is 3.55. The Kier molecular flexibility index (Phi) is 8.67. The fraction of sp³-hybridized carbons (Fsp3) is 0.607. The van der Waals surface area contributed by atoms with Crippen molar-refractivity contribution >= 4 is 27.7 Å². The van der Waals surface area contributed by atoms with E-state index in [0.717, 1.165) is 67.5 Å². The van der Waals surface area contributed by atoms with Crippen molar-refractivity contribution < 1.29 is 14.3 Å². The van der Waals surface area contributed by atoms with E-state index in [-0.39, 0.29) is 24.9 Å². The Morgan fingerprint density at radius 1 is 1.24 bits per heavy atom. The number of piperazine rings is 1. The zero-order valence-corrected chi connectivity index (χ0v) is 21.6. The van der Waals surface area contributed by atoms with E-state index in [2.05, 4.69) is 21.9 Å². The standard InChI is InChI=1S/C27H37N5O4.CH4/c1-4-35-11-6-5-8-30-9-10-31(16-19(30)3)27(34)21-14-22-24(13-18(21)2)29-26(33)23-15-28-32(25(22)23)20-7-12-36-17-20;/h13-15,19-20H,4-12,16-17H2,1-3H3,(H,29,33);1H4/t19-,20+;/m1./s1. The fourth-order valence-corrected chi connectivity index (χ4v) is 5.56. The van der Waals surface area contributed by atoms with Crippen molar-refractivity contribution in [3.05, 3.63) is 39.8 Å². The molecule has 1 aromatic carbocycles. The highest BCUT2D eigenvalue weighted by atomic mass is 16.5. The van der Waals surface area contributed by atoms with Crippen LogP contribution in [0.3, 0.4) is 0 Å². The first kappa shape index (κ1) is 27.3. The number of pyridine rings is 1. The average molecular weight is 512 g/mol. The molecule has 2 aromatic heterocycles. The molecule has 0 bridgehead atoms. The molecule has 2 saturated heterocycles. The van der Waals surface area contributed by atoms with Gasteiger partial charge in [0.15, 0.2) is 0 Å². The molecule has 4 heterocycles. The summed E-state index contributed by atoms with van der Waals surface area (Å²) in [4.78, 5) is 33.9. The molecule has 5 rings (SSSR count). The van der Waals surface area contributed by atoms with E-state index in [1.165, 1.54) is 0 Å². The van der Waals surface area contributed by atoms with E-state index in [1.54, 1.807) is 6.20 Å². The molecular weight excluding hydrogens is 470 g/mol. The van der Waals surface area contributed by atoms with Crippen molar-refractivity contribution in [2.24, 2.45) is 0 Å². The number of aromatic nitrogens is 3. The van der Waals surface area contributed by atoms with Crippen molar-refractivity contribution in [3.8, 4) is 0 Å². The van der Waals surface area contributed by atoms with Crippen LogP contribution >= 0.6 is 0 Å². The van der Waals surface area contributed by atoms with E-state index >= 15 is 0 Å². The van der Waals surface area contributed by atoms with Crippen molar-refractivity contribution in [1.29, 1.82) is 0 Å². The fourth-order valence-electron chi connectivity index (χ4n) is 5.56. The lowest BCUT2D eigenvalue weighted by atomic mass is 10.0. The van der Waals surface area contributed by atoms with Gasteiger partial charge in [-0.25, -0.2) is 0 Å². The number of aryl methyl sites for hydroxylation is 1. The minimum Gasteiger partial charge on any atom is -0.382 e. The Hall–Kier alpha value is -2.75. The van der Waals surface area contributed by atoms with Gasteiger partial charge in [0.25, 0.3) is 11.5 Å². The first-order chi connectivity index (χ1) is 17.5. The molecule has 0 aliphatic carbocycles. The third kappa shape index (κ3) is 5.44. The molecular formula is C28H41N5O4. The van der Waals surface area contributed by atoms with Crippen molar-refractivity contribution in [3.63, 3.8) is 0 Å². The second-order valence-corrected chi connectivity index (χ2v) is 10.1. The first-order valence-electron chi connectivity index (χ1n) is 13.2. The Balaban J connectivity index is 0.00000320. The van der Waals surface area contributed by atoms with Crippen LogP contribution in [-0.2, 0) is 9.47 Å². The first-order valence-corrected chi connectivity index (χ1v) is 13.2. The van der Waals surface area contributed by atoms with Gasteiger partial charge in [0.05, 0.1) is 35.3 Å². The van der Waals surface area contributed by atoms with Crippen LogP contribution < -0.4 is 5.56 Å². The number of benzene rings is 1. The molecule has 37 heavy (non-hydrogen) atoms. The summed E-state index contributed by atoms with van der Waals surface area (Å²) in [5, 5.41) is 5.94. The zero-order chi connectivity index (χ0) is 25.2. The van der Waals surface area contributed by atoms with Gasteiger partial charge in [0.1, 0.15) is 0 Å². The predicted molar refractivity (Wildman–Crippen MR) is 146 cm³/mol. The summed E-state index contributed by atoms with van der Waals surface area (Å²) >= 11 is 0. The number of carbonyl (C=O) groups is 1. The van der Waals surface area contributed by atoms with Crippen LogP contribution in [0.4, 0.5) is 0 Å². The number of nitrogens with one attached hydrogen (secondary N) is 1. The third-order valence-corrected chi connectivity index (χ3v) is 7.63. The number of ether oxygens (including phenoxy) is 2. The Morgan fingerprint density at radius 2 is 2.08 bits per heavy atom. The van der Waals surface area contributed by atoms with Gasteiger partial charge < -0.3 is 19.4 Å². The second-order valence-electron chi connectivity index (χ2n) is 10.1. The minimum atomic E-state index is -0.160. The van der Waals surface area contributed by atoms with Gasteiger partial charge in [-0.2, -0.15) is 5.10 Å². The Morgan fingerprint density at radius 3 is 2.81 bits per heavy atom. The molecule has 9 heteroatoms. The molecule has 2 atom stereocenters. The molecule has 9 nitrogen and oxygen atoms in total. The quantitative estimate of drug-likeness (QED) is 0.463. The number of nitrogens with zero attached hydrogens (tertiary/aromatic N) is 4. The van der Waals surface area contributed by atoms with Crippen molar-refractivity contribution in [1.82, 2.24) is 24.6 Å². The molecule has 202 valence electrons. The minimum absolute atomic E-state index is 0. The van der Waals surface area contributed by atoms with Gasteiger partial charge in [-0.15, -0.1) is 0 Å². The molecule has 2 fully saturated rings. The van der Waals surface area contributed by atoms with Gasteiger partial charge in [-0.1, -0.05) is 7.43 Å². The summed E-state index contributed by atoms with van der Waals surface area (Å²) < 4.78 is 12.9. The highest BCUT2D eigenvalue weighted by Gasteiger charge is 2.29. The second kappa shape index (κ2) is 11.8. The predicted octanol–water partition coefficient (Wildman–Crippen LogP) is 3.75. The SMILES string of the molecule is C.CCOCCCCN1CCN(C(=O)c2cc3c(cc2C)[nH]c(=O)c2cnn([C@H]4CCOC4)c23)C[C@H]1C. The van der Waals surface area contributed by atoms with Gasteiger partial charge >= 0.3 is 0 Å². The highest BCUT2D eigenvalue weighted by Crippen LogP contribution is 2.29. The monoisotopic (exact) mass is 511 g/mol. The smallest absolute Gasteiger partial charge is 0.259 e. The summed E-state index contributed by atoms with van der Waals surface area (Å²) in [7, 11) is 0. The van der Waals surface area contributed by atoms with Gasteiger partial charge in [-0.05, 0) is 64.3 Å². The van der Waals surface area contributed by atoms with Gasteiger partial charge in [0, 0.05) is 56.4 Å². The van der Waals surface area contributed by atoms with Crippen LogP contribution in [0.5, 0.6) is 0 Å². The number of carbonyl (C=O) groups excluding carboxylic acids is 1. The van der Waals surface area contributed by atoms with Crippen molar-refractivity contribution in [2.75, 3.05) is 52.6 Å². The lowest BCUT2D eigenvalue weighted by Crippen LogP contribution is -2.53. The molecule has 2 aliphatic rings. The van der Waals surface area contributed by atoms with Gasteiger partial charge in [-0.3, -0.25) is 19.2 Å². The lowest BCUT2D eigenvalue weighted by Gasteiger charge is -2.40. The number of hydrogen-bond donors (Lipinski definition) is 1. The lowest BCUT2D eigenvalue weighted by molar-refractivity contribution is 0.0502. The highest BCUT2D eigenvalue weighted by molar-refractivity contribution is 6.07. The maximum atomic E-state index is 13.7. The van der Waals surface area contributed by atoms with E-state index in [1.807, 2.05) is 35.6 Å². The Labute approximate surface area is 218 Å². The largest absolute Gasteiger partial charge is 0.382 e. The molecule has 1 N–H and O–H groups in total. The van der Waals surface area contributed by atoms with Crippen LogP contribution in [0.15, 0.2) is 23.1 Å². The van der Waals surface area contributed by atoms with Crippen molar-refractivity contribution in [2.45, 2.75) is 59.5 Å². The number of H-pyrrole nitrogens is 1. The maximum absolute atomic E-state index is 13.7. The molecule has 0 unspecified atom stereocenters. The summed E-state index contributed by atoms with van der Waals surface area (Å²) in [6, 6.07) is 4.27. The maximum Gasteiger partial charge on any atom is 0.259 e. The molecule has 0 spiro atoms. The van der Waals surface area contributed by atoms with E-state index in [9.17, 15) is 9.59 Å². The Bertz CT molecular complexity index is 1290. The van der Waals surface area contributed by atoms with E-state index in [4.69, 9.17) is 9.47 Å². The topological polar surface area (TPSA) is 92.7 Å². The zero-order valence-electron chi connectivity index (χ0n) is 21.6. The molecule has 0 radical (unpaired) electrons. The molecule has 3 aromatic rings.